The molecule has 1 aromatic rings. The maximum Gasteiger partial charge on any atom is 0.123 e. The van der Waals surface area contributed by atoms with Crippen molar-refractivity contribution in [3.63, 3.8) is 0 Å². The zero-order valence-corrected chi connectivity index (χ0v) is 10.4. The molecule has 1 aliphatic heterocycles. The van der Waals surface area contributed by atoms with Crippen LogP contribution in [0.4, 0.5) is 4.39 Å². The van der Waals surface area contributed by atoms with Crippen molar-refractivity contribution in [2.75, 3.05) is 18.1 Å². The lowest BCUT2D eigenvalue weighted by molar-refractivity contribution is 0.401. The number of nitrogens with one attached hydrogen (secondary N) is 1. The van der Waals surface area contributed by atoms with Gasteiger partial charge in [0.25, 0.3) is 0 Å². The summed E-state index contributed by atoms with van der Waals surface area (Å²) < 4.78 is 12.9. The highest BCUT2D eigenvalue weighted by Gasteiger charge is 2.25. The van der Waals surface area contributed by atoms with Crippen LogP contribution in [0.1, 0.15) is 24.9 Å². The van der Waals surface area contributed by atoms with Crippen molar-refractivity contribution in [1.82, 2.24) is 5.32 Å². The number of halogens is 1. The first-order chi connectivity index (χ1) is 7.81. The van der Waals surface area contributed by atoms with Gasteiger partial charge in [0, 0.05) is 6.04 Å². The molecule has 0 bridgehead atoms. The van der Waals surface area contributed by atoms with Crippen LogP contribution in [0, 0.1) is 11.7 Å². The molecule has 1 N–H and O–H groups in total. The molecule has 3 heteroatoms. The van der Waals surface area contributed by atoms with E-state index >= 15 is 0 Å². The Morgan fingerprint density at radius 1 is 1.44 bits per heavy atom. The minimum atomic E-state index is -0.153. The predicted molar refractivity (Wildman–Crippen MR) is 68.2 cm³/mol. The molecule has 1 nitrogen and oxygen atoms in total. The normalized spacial score (nSPS) is 22.2. The lowest BCUT2D eigenvalue weighted by Gasteiger charge is -2.24. The van der Waals surface area contributed by atoms with E-state index in [2.05, 4.69) is 12.2 Å². The van der Waals surface area contributed by atoms with Gasteiger partial charge in [-0.2, -0.15) is 11.8 Å². The standard InChI is InChI=1S/C13H18FNS/c1-2-15-13(11-7-8-16-9-11)10-3-5-12(14)6-4-10/h3-6,11,13,15H,2,7-9H2,1H3. The molecule has 2 rings (SSSR count). The van der Waals surface area contributed by atoms with Gasteiger partial charge >= 0.3 is 0 Å². The average molecular weight is 239 g/mol. The van der Waals surface area contributed by atoms with Crippen LogP contribution < -0.4 is 5.32 Å². The largest absolute Gasteiger partial charge is 0.310 e. The maximum absolute atomic E-state index is 12.9. The molecule has 0 aliphatic carbocycles. The monoisotopic (exact) mass is 239 g/mol. The molecular formula is C13H18FNS. The van der Waals surface area contributed by atoms with Gasteiger partial charge in [0.2, 0.25) is 0 Å². The molecule has 1 fully saturated rings. The van der Waals surface area contributed by atoms with Crippen molar-refractivity contribution in [2.45, 2.75) is 19.4 Å². The van der Waals surface area contributed by atoms with Crippen molar-refractivity contribution in [3.8, 4) is 0 Å². The van der Waals surface area contributed by atoms with E-state index in [1.807, 2.05) is 23.9 Å². The Balaban J connectivity index is 2.14. The molecule has 1 heterocycles. The summed E-state index contributed by atoms with van der Waals surface area (Å²) in [7, 11) is 0. The summed E-state index contributed by atoms with van der Waals surface area (Å²) in [5.74, 6) is 3.01. The Morgan fingerprint density at radius 2 is 2.19 bits per heavy atom. The van der Waals surface area contributed by atoms with Crippen LogP contribution in [-0.4, -0.2) is 18.1 Å². The molecule has 1 aromatic carbocycles. The Labute approximate surface area is 101 Å². The fraction of sp³-hybridized carbons (Fsp3) is 0.538. The molecule has 0 aromatic heterocycles. The first kappa shape index (κ1) is 11.9. The number of benzene rings is 1. The summed E-state index contributed by atoms with van der Waals surface area (Å²) in [5, 5.41) is 3.52. The van der Waals surface area contributed by atoms with E-state index in [1.54, 1.807) is 12.1 Å². The third-order valence-electron chi connectivity index (χ3n) is 3.09. The fourth-order valence-electron chi connectivity index (χ4n) is 2.26. The van der Waals surface area contributed by atoms with Gasteiger partial charge in [-0.1, -0.05) is 19.1 Å². The van der Waals surface area contributed by atoms with Crippen molar-refractivity contribution in [1.29, 1.82) is 0 Å². The summed E-state index contributed by atoms with van der Waals surface area (Å²) >= 11 is 2.02. The Bertz CT molecular complexity index is 319. The molecule has 1 aliphatic rings. The Morgan fingerprint density at radius 3 is 2.75 bits per heavy atom. The summed E-state index contributed by atoms with van der Waals surface area (Å²) in [6.45, 7) is 3.09. The second kappa shape index (κ2) is 5.69. The quantitative estimate of drug-likeness (QED) is 0.865. The van der Waals surface area contributed by atoms with Crippen LogP contribution in [-0.2, 0) is 0 Å². The number of thioether (sulfide) groups is 1. The van der Waals surface area contributed by atoms with Crippen molar-refractivity contribution >= 4 is 11.8 Å². The van der Waals surface area contributed by atoms with E-state index in [-0.39, 0.29) is 5.82 Å². The number of hydrogen-bond acceptors (Lipinski definition) is 2. The third-order valence-corrected chi connectivity index (χ3v) is 4.28. The maximum atomic E-state index is 12.9. The van der Waals surface area contributed by atoms with E-state index in [1.165, 1.54) is 23.5 Å². The van der Waals surface area contributed by atoms with Gasteiger partial charge in [-0.15, -0.1) is 0 Å². The van der Waals surface area contributed by atoms with Crippen molar-refractivity contribution in [3.05, 3.63) is 35.6 Å². The van der Waals surface area contributed by atoms with Crippen molar-refractivity contribution in [2.24, 2.45) is 5.92 Å². The fourth-order valence-corrected chi connectivity index (χ4v) is 3.56. The van der Waals surface area contributed by atoms with E-state index < -0.39 is 0 Å². The lowest BCUT2D eigenvalue weighted by Crippen LogP contribution is -2.28. The van der Waals surface area contributed by atoms with Crippen LogP contribution >= 0.6 is 11.8 Å². The summed E-state index contributed by atoms with van der Waals surface area (Å²) in [6.07, 6.45) is 1.26. The topological polar surface area (TPSA) is 12.0 Å². The molecular weight excluding hydrogens is 221 g/mol. The smallest absolute Gasteiger partial charge is 0.123 e. The van der Waals surface area contributed by atoms with Gasteiger partial charge in [0.15, 0.2) is 0 Å². The summed E-state index contributed by atoms with van der Waals surface area (Å²) in [6, 6.07) is 7.32. The van der Waals surface area contributed by atoms with E-state index in [4.69, 9.17) is 0 Å². The van der Waals surface area contributed by atoms with E-state index in [9.17, 15) is 4.39 Å². The van der Waals surface area contributed by atoms with Gasteiger partial charge in [0.1, 0.15) is 5.82 Å². The zero-order chi connectivity index (χ0) is 11.4. The van der Waals surface area contributed by atoms with Gasteiger partial charge in [0.05, 0.1) is 0 Å². The first-order valence-electron chi connectivity index (χ1n) is 5.88. The van der Waals surface area contributed by atoms with Gasteiger partial charge in [-0.3, -0.25) is 0 Å². The summed E-state index contributed by atoms with van der Waals surface area (Å²) in [5.41, 5.74) is 1.22. The minimum Gasteiger partial charge on any atom is -0.310 e. The Hall–Kier alpha value is -0.540. The SMILES string of the molecule is CCNC(c1ccc(F)cc1)C1CCSC1. The van der Waals surface area contributed by atoms with Gasteiger partial charge < -0.3 is 5.32 Å². The average Bonchev–Trinajstić information content (AvgIpc) is 2.81. The molecule has 1 saturated heterocycles. The van der Waals surface area contributed by atoms with Crippen molar-refractivity contribution < 1.29 is 4.39 Å². The van der Waals surface area contributed by atoms with Gasteiger partial charge in [-0.25, -0.2) is 4.39 Å². The highest BCUT2D eigenvalue weighted by molar-refractivity contribution is 7.99. The highest BCUT2D eigenvalue weighted by atomic mass is 32.2. The van der Waals surface area contributed by atoms with Gasteiger partial charge in [-0.05, 0) is 48.1 Å². The molecule has 2 unspecified atom stereocenters. The first-order valence-corrected chi connectivity index (χ1v) is 7.03. The highest BCUT2D eigenvalue weighted by Crippen LogP contribution is 2.34. The van der Waals surface area contributed by atoms with Crippen LogP contribution in [0.2, 0.25) is 0 Å². The lowest BCUT2D eigenvalue weighted by atomic mass is 9.92. The number of hydrogen-bond donors (Lipinski definition) is 1. The second-order valence-corrected chi connectivity index (χ2v) is 5.36. The van der Waals surface area contributed by atoms with Crippen LogP contribution in [0.5, 0.6) is 0 Å². The van der Waals surface area contributed by atoms with Crippen LogP contribution in [0.3, 0.4) is 0 Å². The zero-order valence-electron chi connectivity index (χ0n) is 9.58. The Kier molecular flexibility index (Phi) is 4.24. The molecule has 0 spiro atoms. The molecule has 0 saturated carbocycles. The second-order valence-electron chi connectivity index (χ2n) is 4.21. The number of rotatable bonds is 4. The molecule has 16 heavy (non-hydrogen) atoms. The molecule has 0 amide bonds. The molecule has 2 atom stereocenters. The minimum absolute atomic E-state index is 0.153. The summed E-state index contributed by atoms with van der Waals surface area (Å²) in [4.78, 5) is 0. The molecule has 0 radical (unpaired) electrons. The molecule has 88 valence electrons. The predicted octanol–water partition coefficient (Wildman–Crippen LogP) is 3.23. The van der Waals surface area contributed by atoms with Crippen LogP contribution in [0.15, 0.2) is 24.3 Å². The van der Waals surface area contributed by atoms with Crippen LogP contribution in [0.25, 0.3) is 0 Å². The third kappa shape index (κ3) is 2.77. The van der Waals surface area contributed by atoms with E-state index in [0.29, 0.717) is 12.0 Å². The van der Waals surface area contributed by atoms with E-state index in [0.717, 1.165) is 6.54 Å².